The first-order valence-corrected chi connectivity index (χ1v) is 6.90. The summed E-state index contributed by atoms with van der Waals surface area (Å²) in [6.45, 7) is 2.92. The van der Waals surface area contributed by atoms with Crippen molar-refractivity contribution in [1.82, 2.24) is 5.32 Å². The maximum Gasteiger partial charge on any atom is 0.253 e. The normalized spacial score (nSPS) is 23.1. The van der Waals surface area contributed by atoms with E-state index >= 15 is 0 Å². The minimum Gasteiger partial charge on any atom is -0.396 e. The predicted molar refractivity (Wildman–Crippen MR) is 74.3 cm³/mol. The summed E-state index contributed by atoms with van der Waals surface area (Å²) in [5.41, 5.74) is 5.73. The minimum absolute atomic E-state index is 0.0720. The van der Waals surface area contributed by atoms with E-state index in [9.17, 15) is 9.18 Å². The van der Waals surface area contributed by atoms with Gasteiger partial charge < -0.3 is 11.1 Å². The molecule has 1 aromatic rings. The van der Waals surface area contributed by atoms with Crippen LogP contribution in [0.5, 0.6) is 0 Å². The van der Waals surface area contributed by atoms with E-state index in [1.165, 1.54) is 25.0 Å². The van der Waals surface area contributed by atoms with Gasteiger partial charge in [0.1, 0.15) is 5.82 Å². The summed E-state index contributed by atoms with van der Waals surface area (Å²) in [5, 5.41) is 2.87. The van der Waals surface area contributed by atoms with Crippen LogP contribution in [0.3, 0.4) is 0 Å². The van der Waals surface area contributed by atoms with Gasteiger partial charge in [-0.2, -0.15) is 0 Å². The zero-order valence-corrected chi connectivity index (χ0v) is 11.3. The number of para-hydroxylation sites is 1. The third kappa shape index (κ3) is 3.46. The molecule has 0 heterocycles. The average molecular weight is 264 g/mol. The van der Waals surface area contributed by atoms with E-state index in [-0.39, 0.29) is 17.2 Å². The molecule has 4 heteroatoms. The van der Waals surface area contributed by atoms with Crippen molar-refractivity contribution in [1.29, 1.82) is 0 Å². The van der Waals surface area contributed by atoms with E-state index in [2.05, 4.69) is 12.2 Å². The predicted octanol–water partition coefficient (Wildman–Crippen LogP) is 2.96. The van der Waals surface area contributed by atoms with E-state index in [0.717, 1.165) is 18.8 Å². The highest BCUT2D eigenvalue weighted by Gasteiger charge is 2.19. The first-order chi connectivity index (χ1) is 9.08. The van der Waals surface area contributed by atoms with Gasteiger partial charge in [0.2, 0.25) is 0 Å². The number of benzene rings is 1. The lowest BCUT2D eigenvalue weighted by atomic mass is 9.83. The maximum absolute atomic E-state index is 13.3. The molecule has 3 N–H and O–H groups in total. The molecule has 0 saturated heterocycles. The molecular weight excluding hydrogens is 243 g/mol. The van der Waals surface area contributed by atoms with E-state index in [1.54, 1.807) is 6.07 Å². The lowest BCUT2D eigenvalue weighted by Gasteiger charge is -2.26. The molecule has 0 unspecified atom stereocenters. The van der Waals surface area contributed by atoms with Gasteiger partial charge in [-0.1, -0.05) is 25.8 Å². The van der Waals surface area contributed by atoms with Crippen molar-refractivity contribution in [2.75, 3.05) is 12.3 Å². The third-order valence-corrected chi connectivity index (χ3v) is 3.98. The molecule has 3 nitrogen and oxygen atoms in total. The number of rotatable bonds is 3. The van der Waals surface area contributed by atoms with E-state index in [4.69, 9.17) is 5.73 Å². The van der Waals surface area contributed by atoms with Gasteiger partial charge >= 0.3 is 0 Å². The highest BCUT2D eigenvalue weighted by atomic mass is 19.1. The quantitative estimate of drug-likeness (QED) is 0.825. The highest BCUT2D eigenvalue weighted by Crippen LogP contribution is 2.27. The number of hydrogen-bond acceptors (Lipinski definition) is 2. The van der Waals surface area contributed by atoms with Gasteiger partial charge in [0.25, 0.3) is 5.91 Å². The molecule has 0 radical (unpaired) electrons. The second-order valence-electron chi connectivity index (χ2n) is 5.54. The first-order valence-electron chi connectivity index (χ1n) is 6.90. The molecule has 0 spiro atoms. The van der Waals surface area contributed by atoms with Crippen molar-refractivity contribution in [3.05, 3.63) is 29.6 Å². The minimum atomic E-state index is -0.542. The molecule has 0 atom stereocenters. The van der Waals surface area contributed by atoms with Crippen LogP contribution < -0.4 is 11.1 Å². The number of nitrogen functional groups attached to an aromatic ring is 1. The Balaban J connectivity index is 1.89. The zero-order chi connectivity index (χ0) is 13.8. The molecule has 1 amide bonds. The number of halogens is 1. The van der Waals surface area contributed by atoms with Gasteiger partial charge in [0.05, 0.1) is 11.3 Å². The Morgan fingerprint density at radius 2 is 2.05 bits per heavy atom. The molecule has 104 valence electrons. The Morgan fingerprint density at radius 3 is 2.74 bits per heavy atom. The number of hydrogen-bond donors (Lipinski definition) is 2. The van der Waals surface area contributed by atoms with E-state index in [1.807, 2.05) is 0 Å². The van der Waals surface area contributed by atoms with Gasteiger partial charge in [-0.15, -0.1) is 0 Å². The molecule has 0 aromatic heterocycles. The molecular formula is C15H21FN2O. The molecule has 1 aliphatic carbocycles. The van der Waals surface area contributed by atoms with Crippen molar-refractivity contribution in [2.24, 2.45) is 11.8 Å². The lowest BCUT2D eigenvalue weighted by Crippen LogP contribution is -2.31. The van der Waals surface area contributed by atoms with Crippen molar-refractivity contribution >= 4 is 11.6 Å². The number of carbonyl (C=O) groups is 1. The molecule has 19 heavy (non-hydrogen) atoms. The average Bonchev–Trinajstić information content (AvgIpc) is 2.41. The Kier molecular flexibility index (Phi) is 4.40. The van der Waals surface area contributed by atoms with Crippen molar-refractivity contribution in [3.63, 3.8) is 0 Å². The van der Waals surface area contributed by atoms with E-state index in [0.29, 0.717) is 12.5 Å². The SMILES string of the molecule is CC1CCC(CNC(=O)c2cccc(F)c2N)CC1. The van der Waals surface area contributed by atoms with Gasteiger partial charge in [0, 0.05) is 6.54 Å². The topological polar surface area (TPSA) is 55.1 Å². The van der Waals surface area contributed by atoms with Crippen LogP contribution in [0.4, 0.5) is 10.1 Å². The lowest BCUT2D eigenvalue weighted by molar-refractivity contribution is 0.0942. The Morgan fingerprint density at radius 1 is 1.37 bits per heavy atom. The Hall–Kier alpha value is -1.58. The summed E-state index contributed by atoms with van der Waals surface area (Å²) < 4.78 is 13.3. The number of nitrogens with one attached hydrogen (secondary N) is 1. The second kappa shape index (κ2) is 6.04. The number of carbonyl (C=O) groups excluding carboxylic acids is 1. The molecule has 1 aromatic carbocycles. The van der Waals surface area contributed by atoms with Gasteiger partial charge in [-0.3, -0.25) is 4.79 Å². The van der Waals surface area contributed by atoms with Crippen LogP contribution in [0.2, 0.25) is 0 Å². The molecule has 1 aliphatic rings. The molecule has 0 bridgehead atoms. The fourth-order valence-electron chi connectivity index (χ4n) is 2.60. The number of anilines is 1. The molecule has 1 saturated carbocycles. The molecule has 2 rings (SSSR count). The summed E-state index contributed by atoms with van der Waals surface area (Å²) in [4.78, 5) is 12.0. The zero-order valence-electron chi connectivity index (χ0n) is 11.3. The van der Waals surface area contributed by atoms with Crippen molar-refractivity contribution in [2.45, 2.75) is 32.6 Å². The van der Waals surface area contributed by atoms with E-state index < -0.39 is 5.82 Å². The fourth-order valence-corrected chi connectivity index (χ4v) is 2.60. The van der Waals surface area contributed by atoms with Gasteiger partial charge in [-0.25, -0.2) is 4.39 Å². The summed E-state index contributed by atoms with van der Waals surface area (Å²) in [6.07, 6.45) is 4.76. The smallest absolute Gasteiger partial charge is 0.253 e. The van der Waals surface area contributed by atoms with Crippen LogP contribution >= 0.6 is 0 Å². The van der Waals surface area contributed by atoms with Gasteiger partial charge in [0.15, 0.2) is 0 Å². The molecule has 1 fully saturated rings. The fraction of sp³-hybridized carbons (Fsp3) is 0.533. The summed E-state index contributed by atoms with van der Waals surface area (Å²) in [5.74, 6) is 0.510. The van der Waals surface area contributed by atoms with Gasteiger partial charge in [-0.05, 0) is 36.8 Å². The molecule has 0 aliphatic heterocycles. The van der Waals surface area contributed by atoms with Crippen molar-refractivity contribution < 1.29 is 9.18 Å². The summed E-state index contributed by atoms with van der Waals surface area (Å²) >= 11 is 0. The van der Waals surface area contributed by atoms with Crippen LogP contribution in [-0.4, -0.2) is 12.5 Å². The first kappa shape index (κ1) is 13.8. The standard InChI is InChI=1S/C15H21FN2O/c1-10-5-7-11(8-6-10)9-18-15(19)12-3-2-4-13(16)14(12)17/h2-4,10-11H,5-9,17H2,1H3,(H,18,19). The largest absolute Gasteiger partial charge is 0.396 e. The van der Waals surface area contributed by atoms with Crippen LogP contribution in [0.1, 0.15) is 43.0 Å². The highest BCUT2D eigenvalue weighted by molar-refractivity contribution is 5.99. The summed E-state index contributed by atoms with van der Waals surface area (Å²) in [7, 11) is 0. The monoisotopic (exact) mass is 264 g/mol. The van der Waals surface area contributed by atoms with Crippen molar-refractivity contribution in [3.8, 4) is 0 Å². The number of nitrogens with two attached hydrogens (primary N) is 1. The summed E-state index contributed by atoms with van der Waals surface area (Å²) in [6, 6.07) is 4.31. The number of amides is 1. The van der Waals surface area contributed by atoms with Crippen LogP contribution in [0.25, 0.3) is 0 Å². The van der Waals surface area contributed by atoms with Crippen LogP contribution in [0.15, 0.2) is 18.2 Å². The second-order valence-corrected chi connectivity index (χ2v) is 5.54. The van der Waals surface area contributed by atoms with Crippen LogP contribution in [0, 0.1) is 17.7 Å². The Bertz CT molecular complexity index is 453. The van der Waals surface area contributed by atoms with Crippen LogP contribution in [-0.2, 0) is 0 Å². The Labute approximate surface area is 113 Å². The third-order valence-electron chi connectivity index (χ3n) is 3.98. The maximum atomic E-state index is 13.3.